The molecule has 2 aromatic carbocycles. The molecule has 0 radical (unpaired) electrons. The summed E-state index contributed by atoms with van der Waals surface area (Å²) in [5.74, 6) is -0.0222. The number of fused-ring (bicyclic) bond motifs is 1. The topological polar surface area (TPSA) is 51.0 Å². The van der Waals surface area contributed by atoms with Gasteiger partial charge in [0.2, 0.25) is 0 Å². The molecule has 0 saturated carbocycles. The van der Waals surface area contributed by atoms with E-state index in [1.807, 2.05) is 68.9 Å². The molecular formula is C23H24N4OS. The number of benzene rings is 2. The number of carbonyl (C=O) groups is 1. The third-order valence-electron chi connectivity index (χ3n) is 5.34. The molecule has 0 aliphatic carbocycles. The molecule has 29 heavy (non-hydrogen) atoms. The second kappa shape index (κ2) is 7.79. The molecule has 1 amide bonds. The Labute approximate surface area is 174 Å². The Morgan fingerprint density at radius 2 is 1.79 bits per heavy atom. The van der Waals surface area contributed by atoms with Crippen LogP contribution in [0.2, 0.25) is 0 Å². The molecular weight excluding hydrogens is 380 g/mol. The first-order valence-electron chi connectivity index (χ1n) is 9.66. The number of para-hydroxylation sites is 1. The van der Waals surface area contributed by atoms with Crippen molar-refractivity contribution in [3.05, 3.63) is 82.1 Å². The summed E-state index contributed by atoms with van der Waals surface area (Å²) in [6, 6.07) is 18.1. The van der Waals surface area contributed by atoms with Gasteiger partial charge in [0.05, 0.1) is 34.1 Å². The lowest BCUT2D eigenvalue weighted by Gasteiger charge is -2.23. The molecule has 0 N–H and O–H groups in total. The molecule has 2 aromatic heterocycles. The normalized spacial score (nSPS) is 12.3. The molecule has 5 nitrogen and oxygen atoms in total. The van der Waals surface area contributed by atoms with Crippen molar-refractivity contribution in [2.24, 2.45) is 0 Å². The molecule has 0 bridgehead atoms. The first-order chi connectivity index (χ1) is 14.0. The van der Waals surface area contributed by atoms with Gasteiger partial charge in [-0.25, -0.2) is 4.98 Å². The summed E-state index contributed by atoms with van der Waals surface area (Å²) in [5.41, 5.74) is 4.46. The predicted octanol–water partition coefficient (Wildman–Crippen LogP) is 4.99. The van der Waals surface area contributed by atoms with Crippen molar-refractivity contribution < 1.29 is 4.79 Å². The van der Waals surface area contributed by atoms with E-state index in [9.17, 15) is 4.79 Å². The van der Waals surface area contributed by atoms with Crippen LogP contribution in [0.5, 0.6) is 0 Å². The van der Waals surface area contributed by atoms with Crippen LogP contribution in [0.15, 0.2) is 54.6 Å². The number of hydrogen-bond donors (Lipinski definition) is 0. The Kier molecular flexibility index (Phi) is 5.20. The Hall–Kier alpha value is -2.99. The van der Waals surface area contributed by atoms with E-state index in [0.717, 1.165) is 32.2 Å². The number of amides is 1. The second-order valence-corrected chi connectivity index (χ2v) is 8.36. The van der Waals surface area contributed by atoms with Crippen LogP contribution in [0.3, 0.4) is 0 Å². The standard InChI is InChI=1S/C23H24N4OS/c1-15-21(16(2)27(25-15)14-18-10-6-5-7-11-18)23(28)26(4)17(3)22-24-19-12-8-9-13-20(19)29-22/h5-13,17H,14H2,1-4H3/t17-/m0/s1. The molecule has 0 unspecified atom stereocenters. The van der Waals surface area contributed by atoms with Crippen molar-refractivity contribution in [3.63, 3.8) is 0 Å². The zero-order valence-electron chi connectivity index (χ0n) is 17.1. The minimum absolute atomic E-state index is 0.0222. The Balaban J connectivity index is 1.60. The lowest BCUT2D eigenvalue weighted by atomic mass is 10.1. The zero-order valence-corrected chi connectivity index (χ0v) is 17.9. The van der Waals surface area contributed by atoms with Gasteiger partial charge >= 0.3 is 0 Å². The summed E-state index contributed by atoms with van der Waals surface area (Å²) >= 11 is 1.64. The number of thiazole rings is 1. The fraction of sp³-hybridized carbons (Fsp3) is 0.261. The van der Waals surface area contributed by atoms with Crippen molar-refractivity contribution in [2.75, 3.05) is 7.05 Å². The first-order valence-corrected chi connectivity index (χ1v) is 10.5. The maximum Gasteiger partial charge on any atom is 0.257 e. The molecule has 0 saturated heterocycles. The summed E-state index contributed by atoms with van der Waals surface area (Å²) in [7, 11) is 1.84. The van der Waals surface area contributed by atoms with E-state index in [2.05, 4.69) is 23.3 Å². The van der Waals surface area contributed by atoms with E-state index in [1.54, 1.807) is 16.2 Å². The van der Waals surface area contributed by atoms with Gasteiger partial charge in [0.1, 0.15) is 5.01 Å². The Bertz CT molecular complexity index is 1130. The third-order valence-corrected chi connectivity index (χ3v) is 6.55. The highest BCUT2D eigenvalue weighted by Crippen LogP contribution is 2.30. The number of carbonyl (C=O) groups excluding carboxylic acids is 1. The minimum atomic E-state index is -0.115. The monoisotopic (exact) mass is 404 g/mol. The van der Waals surface area contributed by atoms with Crippen LogP contribution in [0, 0.1) is 13.8 Å². The van der Waals surface area contributed by atoms with Gasteiger partial charge in [0.15, 0.2) is 0 Å². The average Bonchev–Trinajstić information content (AvgIpc) is 3.28. The summed E-state index contributed by atoms with van der Waals surface area (Å²) < 4.78 is 3.05. The van der Waals surface area contributed by atoms with Gasteiger partial charge < -0.3 is 4.90 Å². The van der Waals surface area contributed by atoms with Gasteiger partial charge in [-0.1, -0.05) is 42.5 Å². The molecule has 148 valence electrons. The van der Waals surface area contributed by atoms with E-state index in [0.29, 0.717) is 12.1 Å². The molecule has 1 atom stereocenters. The molecule has 0 fully saturated rings. The Morgan fingerprint density at radius 3 is 2.52 bits per heavy atom. The van der Waals surface area contributed by atoms with Crippen molar-refractivity contribution >= 4 is 27.5 Å². The van der Waals surface area contributed by atoms with Crippen LogP contribution in [0.4, 0.5) is 0 Å². The van der Waals surface area contributed by atoms with E-state index in [4.69, 9.17) is 4.98 Å². The highest BCUT2D eigenvalue weighted by molar-refractivity contribution is 7.18. The largest absolute Gasteiger partial charge is 0.332 e. The van der Waals surface area contributed by atoms with E-state index in [1.165, 1.54) is 0 Å². The van der Waals surface area contributed by atoms with Gasteiger partial charge in [0, 0.05) is 12.7 Å². The maximum atomic E-state index is 13.3. The highest BCUT2D eigenvalue weighted by Gasteiger charge is 2.26. The minimum Gasteiger partial charge on any atom is -0.332 e. The van der Waals surface area contributed by atoms with Crippen LogP contribution >= 0.6 is 11.3 Å². The maximum absolute atomic E-state index is 13.3. The van der Waals surface area contributed by atoms with Gasteiger partial charge in [-0.15, -0.1) is 11.3 Å². The van der Waals surface area contributed by atoms with Gasteiger partial charge in [-0.05, 0) is 38.5 Å². The molecule has 6 heteroatoms. The predicted molar refractivity (Wildman–Crippen MR) is 117 cm³/mol. The number of hydrogen-bond acceptors (Lipinski definition) is 4. The van der Waals surface area contributed by atoms with Gasteiger partial charge in [-0.3, -0.25) is 9.48 Å². The quantitative estimate of drug-likeness (QED) is 0.471. The van der Waals surface area contributed by atoms with Crippen LogP contribution in [0.1, 0.15) is 45.3 Å². The van der Waals surface area contributed by atoms with E-state index in [-0.39, 0.29) is 11.9 Å². The van der Waals surface area contributed by atoms with Crippen molar-refractivity contribution in [1.29, 1.82) is 0 Å². The fourth-order valence-electron chi connectivity index (χ4n) is 3.50. The first kappa shape index (κ1) is 19.3. The SMILES string of the molecule is Cc1nn(Cc2ccccc2)c(C)c1C(=O)N(C)[C@@H](C)c1nc2ccccc2s1. The number of aryl methyl sites for hydroxylation is 1. The van der Waals surface area contributed by atoms with Gasteiger partial charge in [-0.2, -0.15) is 5.10 Å². The summed E-state index contributed by atoms with van der Waals surface area (Å²) in [5, 5.41) is 5.57. The summed E-state index contributed by atoms with van der Waals surface area (Å²) in [4.78, 5) is 19.8. The lowest BCUT2D eigenvalue weighted by molar-refractivity contribution is 0.0741. The number of aromatic nitrogens is 3. The van der Waals surface area contributed by atoms with Crippen LogP contribution in [-0.4, -0.2) is 32.6 Å². The third kappa shape index (κ3) is 3.68. The lowest BCUT2D eigenvalue weighted by Crippen LogP contribution is -2.30. The van der Waals surface area contributed by atoms with Crippen LogP contribution in [-0.2, 0) is 6.54 Å². The highest BCUT2D eigenvalue weighted by atomic mass is 32.1. The summed E-state index contributed by atoms with van der Waals surface area (Å²) in [6.07, 6.45) is 0. The van der Waals surface area contributed by atoms with E-state index >= 15 is 0 Å². The molecule has 4 rings (SSSR count). The second-order valence-electron chi connectivity index (χ2n) is 7.30. The smallest absolute Gasteiger partial charge is 0.257 e. The van der Waals surface area contributed by atoms with Crippen molar-refractivity contribution in [3.8, 4) is 0 Å². The van der Waals surface area contributed by atoms with Crippen LogP contribution < -0.4 is 0 Å². The molecule has 0 aliphatic rings. The van der Waals surface area contributed by atoms with E-state index < -0.39 is 0 Å². The molecule has 0 spiro atoms. The fourth-order valence-corrected chi connectivity index (χ4v) is 4.57. The zero-order chi connectivity index (χ0) is 20.5. The van der Waals surface area contributed by atoms with Crippen molar-refractivity contribution in [2.45, 2.75) is 33.4 Å². The van der Waals surface area contributed by atoms with Crippen LogP contribution in [0.25, 0.3) is 10.2 Å². The molecule has 4 aromatic rings. The molecule has 2 heterocycles. The molecule has 0 aliphatic heterocycles. The number of nitrogens with zero attached hydrogens (tertiary/aromatic N) is 4. The van der Waals surface area contributed by atoms with Crippen molar-refractivity contribution in [1.82, 2.24) is 19.7 Å². The average molecular weight is 405 g/mol. The van der Waals surface area contributed by atoms with Gasteiger partial charge in [0.25, 0.3) is 5.91 Å². The summed E-state index contributed by atoms with van der Waals surface area (Å²) in [6.45, 7) is 6.54. The Morgan fingerprint density at radius 1 is 1.10 bits per heavy atom. The number of rotatable bonds is 5.